The van der Waals surface area contributed by atoms with Crippen LogP contribution in [-0.2, 0) is 4.79 Å². The topological polar surface area (TPSA) is 129 Å². The Bertz CT molecular complexity index is 1220. The summed E-state index contributed by atoms with van der Waals surface area (Å²) < 4.78 is 11.5. The molecule has 1 heterocycles. The Kier molecular flexibility index (Phi) is 5.99. The van der Waals surface area contributed by atoms with Gasteiger partial charge < -0.3 is 20.2 Å². The van der Waals surface area contributed by atoms with Crippen LogP contribution in [0.4, 0.5) is 0 Å². The molecule has 9 nitrogen and oxygen atoms in total. The molecule has 10 heteroatoms. The summed E-state index contributed by atoms with van der Waals surface area (Å²) >= 11 is 6.22. The predicted molar refractivity (Wildman–Crippen MR) is 109 cm³/mol. The first-order chi connectivity index (χ1) is 13.9. The molecule has 0 saturated carbocycles. The van der Waals surface area contributed by atoms with Crippen LogP contribution < -0.4 is 26.5 Å². The Morgan fingerprint density at radius 1 is 1.28 bits per heavy atom. The van der Waals surface area contributed by atoms with Gasteiger partial charge in [0.15, 0.2) is 18.1 Å². The number of carbonyl (C=O) groups is 1. The fourth-order valence-corrected chi connectivity index (χ4v) is 2.86. The number of nitrogens with one attached hydrogen (secondary N) is 1. The van der Waals surface area contributed by atoms with E-state index >= 15 is 0 Å². The van der Waals surface area contributed by atoms with Gasteiger partial charge in [-0.1, -0.05) is 23.7 Å². The quantitative estimate of drug-likeness (QED) is 0.564. The van der Waals surface area contributed by atoms with Crippen LogP contribution in [0.1, 0.15) is 12.5 Å². The van der Waals surface area contributed by atoms with Crippen molar-refractivity contribution in [3.63, 3.8) is 0 Å². The minimum Gasteiger partial charge on any atom is -0.490 e. The number of aromatic nitrogens is 2. The standard InChI is InChI=1S/C19H17ClN4O5/c1-2-28-15-8-11(7-13(20)17(15)29-10-16(21)25)9-22-24-18(26)12-5-3-4-6-14(12)23-19(24)27/h3-9H,2,10H2,1H3,(H2,21,25)(H,23,27). The molecular formula is C19H17ClN4O5. The second kappa shape index (κ2) is 8.61. The highest BCUT2D eigenvalue weighted by Gasteiger charge is 2.13. The van der Waals surface area contributed by atoms with Gasteiger partial charge in [0.25, 0.3) is 11.5 Å². The molecule has 0 fully saturated rings. The largest absolute Gasteiger partial charge is 0.490 e. The lowest BCUT2D eigenvalue weighted by molar-refractivity contribution is -0.119. The van der Waals surface area contributed by atoms with Crippen LogP contribution in [0.25, 0.3) is 10.9 Å². The Hall–Kier alpha value is -3.59. The molecule has 1 amide bonds. The SMILES string of the molecule is CCOc1cc(C=Nn2c(=O)[nH]c3ccccc3c2=O)cc(Cl)c1OCC(N)=O. The lowest BCUT2D eigenvalue weighted by Crippen LogP contribution is -2.32. The number of ether oxygens (including phenoxy) is 2. The molecule has 2 aromatic carbocycles. The number of aromatic amines is 1. The molecule has 29 heavy (non-hydrogen) atoms. The Morgan fingerprint density at radius 2 is 2.03 bits per heavy atom. The van der Waals surface area contributed by atoms with E-state index in [-0.39, 0.29) is 23.1 Å². The first-order valence-corrected chi connectivity index (χ1v) is 8.94. The molecule has 3 rings (SSSR count). The highest BCUT2D eigenvalue weighted by Crippen LogP contribution is 2.36. The number of primary amides is 1. The van der Waals surface area contributed by atoms with Gasteiger partial charge >= 0.3 is 5.69 Å². The number of para-hydroxylation sites is 1. The fraction of sp³-hybridized carbons (Fsp3) is 0.158. The number of nitrogens with two attached hydrogens (primary N) is 1. The number of nitrogens with zero attached hydrogens (tertiary/aromatic N) is 2. The molecule has 0 spiro atoms. The number of benzene rings is 2. The van der Waals surface area contributed by atoms with Gasteiger partial charge in [0.2, 0.25) is 0 Å². The van der Waals surface area contributed by atoms with Crippen molar-refractivity contribution in [2.24, 2.45) is 10.8 Å². The molecule has 0 aliphatic rings. The number of H-pyrrole nitrogens is 1. The van der Waals surface area contributed by atoms with Crippen molar-refractivity contribution in [3.05, 3.63) is 67.8 Å². The van der Waals surface area contributed by atoms with Gasteiger partial charge in [0.1, 0.15) is 0 Å². The predicted octanol–water partition coefficient (Wildman–Crippen LogP) is 1.49. The number of amides is 1. The van der Waals surface area contributed by atoms with E-state index in [1.165, 1.54) is 12.3 Å². The molecule has 0 saturated heterocycles. The molecule has 0 bridgehead atoms. The summed E-state index contributed by atoms with van der Waals surface area (Å²) in [5.41, 5.74) is 4.73. The maximum Gasteiger partial charge on any atom is 0.349 e. The maximum absolute atomic E-state index is 12.5. The van der Waals surface area contributed by atoms with E-state index in [1.54, 1.807) is 37.3 Å². The number of hydrogen-bond donors (Lipinski definition) is 2. The van der Waals surface area contributed by atoms with Crippen LogP contribution >= 0.6 is 11.6 Å². The fourth-order valence-electron chi connectivity index (χ4n) is 2.59. The lowest BCUT2D eigenvalue weighted by Gasteiger charge is -2.13. The van der Waals surface area contributed by atoms with Gasteiger partial charge in [-0.05, 0) is 36.8 Å². The molecule has 3 N–H and O–H groups in total. The normalized spacial score (nSPS) is 11.1. The van der Waals surface area contributed by atoms with Gasteiger partial charge in [-0.15, -0.1) is 4.68 Å². The second-order valence-electron chi connectivity index (χ2n) is 5.86. The lowest BCUT2D eigenvalue weighted by atomic mass is 10.2. The molecule has 0 radical (unpaired) electrons. The summed E-state index contributed by atoms with van der Waals surface area (Å²) in [5, 5.41) is 4.46. The van der Waals surface area contributed by atoms with Crippen molar-refractivity contribution in [2.75, 3.05) is 13.2 Å². The van der Waals surface area contributed by atoms with E-state index in [1.807, 2.05) is 0 Å². The van der Waals surface area contributed by atoms with E-state index in [0.29, 0.717) is 27.7 Å². The van der Waals surface area contributed by atoms with Gasteiger partial charge in [0.05, 0.1) is 28.7 Å². The maximum atomic E-state index is 12.5. The smallest absolute Gasteiger partial charge is 0.349 e. The third-order valence-electron chi connectivity index (χ3n) is 3.80. The van der Waals surface area contributed by atoms with Crippen LogP contribution in [0, 0.1) is 0 Å². The first kappa shape index (κ1) is 20.2. The molecule has 150 valence electrons. The molecule has 3 aromatic rings. The Balaban J connectivity index is 2.01. The minimum absolute atomic E-state index is 0.151. The van der Waals surface area contributed by atoms with Gasteiger partial charge in [-0.25, -0.2) is 4.79 Å². The molecule has 0 aliphatic carbocycles. The zero-order valence-electron chi connectivity index (χ0n) is 15.3. The monoisotopic (exact) mass is 416 g/mol. The highest BCUT2D eigenvalue weighted by atomic mass is 35.5. The summed E-state index contributed by atoms with van der Waals surface area (Å²) in [7, 11) is 0. The highest BCUT2D eigenvalue weighted by molar-refractivity contribution is 6.32. The minimum atomic E-state index is -0.678. The van der Waals surface area contributed by atoms with Crippen molar-refractivity contribution in [3.8, 4) is 11.5 Å². The first-order valence-electron chi connectivity index (χ1n) is 8.56. The van der Waals surface area contributed by atoms with Crippen molar-refractivity contribution < 1.29 is 14.3 Å². The third-order valence-corrected chi connectivity index (χ3v) is 4.08. The summed E-state index contributed by atoms with van der Waals surface area (Å²) in [4.78, 5) is 38.3. The molecule has 0 aliphatic heterocycles. The van der Waals surface area contributed by atoms with Crippen LogP contribution in [0.15, 0.2) is 51.1 Å². The second-order valence-corrected chi connectivity index (χ2v) is 6.26. The zero-order chi connectivity index (χ0) is 21.0. The van der Waals surface area contributed by atoms with E-state index in [0.717, 1.165) is 0 Å². The van der Waals surface area contributed by atoms with Crippen LogP contribution in [0.3, 0.4) is 0 Å². The number of carbonyl (C=O) groups excluding carboxylic acids is 1. The number of rotatable bonds is 7. The van der Waals surface area contributed by atoms with Crippen molar-refractivity contribution in [2.45, 2.75) is 6.92 Å². The van der Waals surface area contributed by atoms with Crippen molar-refractivity contribution in [1.29, 1.82) is 0 Å². The van der Waals surface area contributed by atoms with Crippen LogP contribution in [-0.4, -0.2) is 35.0 Å². The van der Waals surface area contributed by atoms with Gasteiger partial charge in [-0.2, -0.15) is 5.10 Å². The zero-order valence-corrected chi connectivity index (χ0v) is 16.1. The third kappa shape index (κ3) is 4.46. The summed E-state index contributed by atoms with van der Waals surface area (Å²) in [6.45, 7) is 1.71. The molecule has 1 aromatic heterocycles. The van der Waals surface area contributed by atoms with Crippen LogP contribution in [0.2, 0.25) is 5.02 Å². The average Bonchev–Trinajstić information content (AvgIpc) is 2.67. The number of halogens is 1. The average molecular weight is 417 g/mol. The number of hydrogen-bond acceptors (Lipinski definition) is 6. The Morgan fingerprint density at radius 3 is 2.76 bits per heavy atom. The summed E-state index contributed by atoms with van der Waals surface area (Å²) in [5.74, 6) is -0.239. The summed E-state index contributed by atoms with van der Waals surface area (Å²) in [6.07, 6.45) is 1.29. The molecule has 0 atom stereocenters. The molecular weight excluding hydrogens is 400 g/mol. The van der Waals surface area contributed by atoms with Gasteiger partial charge in [0, 0.05) is 0 Å². The van der Waals surface area contributed by atoms with Gasteiger partial charge in [-0.3, -0.25) is 9.59 Å². The Labute approximate surface area is 169 Å². The van der Waals surface area contributed by atoms with E-state index < -0.39 is 17.2 Å². The van der Waals surface area contributed by atoms with Crippen molar-refractivity contribution in [1.82, 2.24) is 9.66 Å². The van der Waals surface area contributed by atoms with E-state index in [4.69, 9.17) is 26.8 Å². The summed E-state index contributed by atoms with van der Waals surface area (Å²) in [6, 6.07) is 9.67. The molecule has 0 unspecified atom stereocenters. The van der Waals surface area contributed by atoms with Crippen molar-refractivity contribution >= 4 is 34.6 Å². The van der Waals surface area contributed by atoms with E-state index in [2.05, 4.69) is 10.1 Å². The van der Waals surface area contributed by atoms with Crippen LogP contribution in [0.5, 0.6) is 11.5 Å². The van der Waals surface area contributed by atoms with E-state index in [9.17, 15) is 14.4 Å². The number of fused-ring (bicyclic) bond motifs is 1.